The molecule has 7 heteroatoms. The number of rotatable bonds is 7. The summed E-state index contributed by atoms with van der Waals surface area (Å²) in [6.45, 7) is 3.07. The van der Waals surface area contributed by atoms with Gasteiger partial charge in [0.2, 0.25) is 5.88 Å². The van der Waals surface area contributed by atoms with E-state index >= 15 is 0 Å². The molecular formula is C19H22N4O3. The first-order valence-electron chi connectivity index (χ1n) is 8.73. The van der Waals surface area contributed by atoms with Gasteiger partial charge in [-0.15, -0.1) is 0 Å². The van der Waals surface area contributed by atoms with Crippen LogP contribution in [0.25, 0.3) is 0 Å². The summed E-state index contributed by atoms with van der Waals surface area (Å²) in [4.78, 5) is 24.2. The van der Waals surface area contributed by atoms with Crippen LogP contribution in [0.3, 0.4) is 0 Å². The second kappa shape index (κ2) is 9.05. The second-order valence-corrected chi connectivity index (χ2v) is 5.84. The number of aliphatic imine (C=N–C) groups is 1. The molecule has 1 unspecified atom stereocenters. The van der Waals surface area contributed by atoms with E-state index in [4.69, 9.17) is 9.47 Å². The van der Waals surface area contributed by atoms with Gasteiger partial charge in [0.05, 0.1) is 6.61 Å². The maximum Gasteiger partial charge on any atom is 0.306 e. The fourth-order valence-corrected chi connectivity index (χ4v) is 2.71. The Morgan fingerprint density at radius 2 is 2.27 bits per heavy atom. The summed E-state index contributed by atoms with van der Waals surface area (Å²) in [5.74, 6) is 0.918. The minimum Gasteiger partial charge on any atom is -0.466 e. The highest BCUT2D eigenvalue weighted by Gasteiger charge is 2.15. The van der Waals surface area contributed by atoms with Gasteiger partial charge >= 0.3 is 5.97 Å². The van der Waals surface area contributed by atoms with E-state index in [0.717, 1.165) is 24.1 Å². The predicted molar refractivity (Wildman–Crippen MR) is 97.4 cm³/mol. The van der Waals surface area contributed by atoms with Crippen molar-refractivity contribution < 1.29 is 14.3 Å². The van der Waals surface area contributed by atoms with Crippen molar-refractivity contribution in [3.63, 3.8) is 0 Å². The first-order chi connectivity index (χ1) is 12.7. The molecule has 1 aromatic carbocycles. The Balaban J connectivity index is 1.82. The van der Waals surface area contributed by atoms with E-state index in [1.807, 2.05) is 24.4 Å². The van der Waals surface area contributed by atoms with Gasteiger partial charge in [0, 0.05) is 31.4 Å². The minimum absolute atomic E-state index is 0.112. The topological polar surface area (TPSA) is 85.7 Å². The summed E-state index contributed by atoms with van der Waals surface area (Å²) in [6, 6.07) is 7.60. The molecule has 1 atom stereocenters. The molecule has 0 bridgehead atoms. The highest BCUT2D eigenvalue weighted by molar-refractivity contribution is 5.69. The summed E-state index contributed by atoms with van der Waals surface area (Å²) in [7, 11) is 0. The number of nitrogens with one attached hydrogen (secondary N) is 1. The fraction of sp³-hybridized carbons (Fsp3) is 0.368. The summed E-state index contributed by atoms with van der Waals surface area (Å²) < 4.78 is 10.9. The molecule has 0 fully saturated rings. The average molecular weight is 354 g/mol. The van der Waals surface area contributed by atoms with Gasteiger partial charge in [0.15, 0.2) is 0 Å². The molecule has 2 heterocycles. The summed E-state index contributed by atoms with van der Waals surface area (Å²) in [5, 5.41) is 3.37. The molecular weight excluding hydrogens is 332 g/mol. The first-order valence-corrected chi connectivity index (χ1v) is 8.73. The van der Waals surface area contributed by atoms with Gasteiger partial charge in [0.25, 0.3) is 0 Å². The Labute approximate surface area is 152 Å². The smallest absolute Gasteiger partial charge is 0.306 e. The van der Waals surface area contributed by atoms with Gasteiger partial charge in [-0.1, -0.05) is 6.07 Å². The lowest BCUT2D eigenvalue weighted by Crippen LogP contribution is -2.25. The van der Waals surface area contributed by atoms with Crippen LogP contribution >= 0.6 is 0 Å². The van der Waals surface area contributed by atoms with E-state index in [1.165, 1.54) is 6.33 Å². The number of ether oxygens (including phenoxy) is 2. The Morgan fingerprint density at radius 3 is 3.00 bits per heavy atom. The molecule has 0 saturated carbocycles. The highest BCUT2D eigenvalue weighted by Crippen LogP contribution is 2.27. The van der Waals surface area contributed by atoms with Crippen LogP contribution < -0.4 is 10.1 Å². The zero-order valence-corrected chi connectivity index (χ0v) is 14.7. The number of carbonyl (C=O) groups excluding carboxylic acids is 1. The van der Waals surface area contributed by atoms with Crippen molar-refractivity contribution in [3.8, 4) is 11.6 Å². The van der Waals surface area contributed by atoms with E-state index in [0.29, 0.717) is 31.1 Å². The van der Waals surface area contributed by atoms with Crippen molar-refractivity contribution in [3.05, 3.63) is 47.9 Å². The molecule has 2 aromatic rings. The van der Waals surface area contributed by atoms with Gasteiger partial charge in [-0.3, -0.25) is 15.1 Å². The highest BCUT2D eigenvalue weighted by atomic mass is 16.5. The van der Waals surface area contributed by atoms with E-state index in [-0.39, 0.29) is 12.1 Å². The zero-order chi connectivity index (χ0) is 18.2. The number of hydrogen-bond acceptors (Lipinski definition) is 7. The predicted octanol–water partition coefficient (Wildman–Crippen LogP) is 2.83. The number of benzene rings is 1. The van der Waals surface area contributed by atoms with Crippen molar-refractivity contribution in [2.45, 2.75) is 32.4 Å². The third kappa shape index (κ3) is 5.10. The van der Waals surface area contributed by atoms with Gasteiger partial charge in [-0.05, 0) is 43.0 Å². The lowest BCUT2D eigenvalue weighted by molar-refractivity contribution is -0.143. The van der Waals surface area contributed by atoms with Crippen LogP contribution in [-0.4, -0.2) is 35.3 Å². The maximum absolute atomic E-state index is 11.7. The van der Waals surface area contributed by atoms with Gasteiger partial charge in [-0.2, -0.15) is 0 Å². The molecule has 1 aliphatic heterocycles. The summed E-state index contributed by atoms with van der Waals surface area (Å²) >= 11 is 0. The molecule has 0 radical (unpaired) electrons. The molecule has 0 spiro atoms. The molecule has 136 valence electrons. The molecule has 0 aliphatic carbocycles. The largest absolute Gasteiger partial charge is 0.466 e. The van der Waals surface area contributed by atoms with Crippen LogP contribution in [0.15, 0.2) is 41.8 Å². The Morgan fingerprint density at radius 1 is 1.35 bits per heavy atom. The molecule has 0 saturated heterocycles. The third-order valence-corrected chi connectivity index (χ3v) is 3.87. The van der Waals surface area contributed by atoms with Gasteiger partial charge in [0.1, 0.15) is 18.2 Å². The lowest BCUT2D eigenvalue weighted by atomic mass is 10.0. The van der Waals surface area contributed by atoms with Crippen LogP contribution in [0, 0.1) is 0 Å². The number of aryl methyl sites for hydroxylation is 1. The molecule has 0 amide bonds. The Kier molecular flexibility index (Phi) is 6.27. The van der Waals surface area contributed by atoms with Crippen molar-refractivity contribution in [1.82, 2.24) is 15.3 Å². The average Bonchev–Trinajstić information content (AvgIpc) is 2.68. The van der Waals surface area contributed by atoms with Crippen LogP contribution in [0.5, 0.6) is 11.6 Å². The zero-order valence-electron chi connectivity index (χ0n) is 14.7. The minimum atomic E-state index is -0.204. The van der Waals surface area contributed by atoms with Crippen molar-refractivity contribution in [1.29, 1.82) is 0 Å². The number of hydrogen-bond donors (Lipinski definition) is 1. The van der Waals surface area contributed by atoms with Crippen molar-refractivity contribution in [2.75, 3.05) is 13.2 Å². The van der Waals surface area contributed by atoms with Crippen LogP contribution in [0.1, 0.15) is 37.1 Å². The summed E-state index contributed by atoms with van der Waals surface area (Å²) in [6.07, 6.45) is 6.70. The standard InChI is InChI=1S/C19H22N4O3/c1-2-25-18(24)5-4-14-10-15(19-21-7-3-8-22-19)12-16(11-14)26-17-6-9-20-13-23-17/h6-7,9-13,19,22H,2-5,8H2,1H3. The molecule has 1 aliphatic rings. The fourth-order valence-electron chi connectivity index (χ4n) is 2.71. The normalized spacial score (nSPS) is 16.3. The number of nitrogens with zero attached hydrogens (tertiary/aromatic N) is 3. The number of esters is 1. The van der Waals surface area contributed by atoms with Gasteiger partial charge in [-0.25, -0.2) is 9.97 Å². The van der Waals surface area contributed by atoms with Crippen molar-refractivity contribution >= 4 is 12.2 Å². The molecule has 3 rings (SSSR count). The van der Waals surface area contributed by atoms with Crippen LogP contribution in [-0.2, 0) is 16.0 Å². The lowest BCUT2D eigenvalue weighted by Gasteiger charge is -2.20. The number of carbonyl (C=O) groups is 1. The van der Waals surface area contributed by atoms with E-state index in [9.17, 15) is 4.79 Å². The van der Waals surface area contributed by atoms with Gasteiger partial charge < -0.3 is 9.47 Å². The first kappa shape index (κ1) is 18.0. The van der Waals surface area contributed by atoms with E-state index in [1.54, 1.807) is 19.2 Å². The van der Waals surface area contributed by atoms with Crippen LogP contribution in [0.4, 0.5) is 0 Å². The third-order valence-electron chi connectivity index (χ3n) is 3.87. The van der Waals surface area contributed by atoms with Crippen molar-refractivity contribution in [2.24, 2.45) is 4.99 Å². The quantitative estimate of drug-likeness (QED) is 0.770. The van der Waals surface area contributed by atoms with E-state index < -0.39 is 0 Å². The molecule has 26 heavy (non-hydrogen) atoms. The Hall–Kier alpha value is -2.80. The molecule has 1 aromatic heterocycles. The van der Waals surface area contributed by atoms with E-state index in [2.05, 4.69) is 20.3 Å². The van der Waals surface area contributed by atoms with Crippen LogP contribution in [0.2, 0.25) is 0 Å². The second-order valence-electron chi connectivity index (χ2n) is 5.84. The maximum atomic E-state index is 11.7. The Bertz CT molecular complexity index is 765. The monoisotopic (exact) mass is 354 g/mol. The molecule has 7 nitrogen and oxygen atoms in total. The molecule has 1 N–H and O–H groups in total. The summed E-state index contributed by atoms with van der Waals surface area (Å²) in [5.41, 5.74) is 1.98. The SMILES string of the molecule is CCOC(=O)CCc1cc(Oc2ccncn2)cc(C2N=CCCN2)c1. The number of aromatic nitrogens is 2.